The zero-order chi connectivity index (χ0) is 17.1. The van der Waals surface area contributed by atoms with Crippen LogP contribution >= 0.6 is 11.6 Å². The topological polar surface area (TPSA) is 94.4 Å². The van der Waals surface area contributed by atoms with Crippen molar-refractivity contribution in [3.8, 4) is 11.5 Å². The fraction of sp³-hybridized carbons (Fsp3) is 0.438. The fourth-order valence-corrected chi connectivity index (χ4v) is 2.82. The predicted molar refractivity (Wildman–Crippen MR) is 88.4 cm³/mol. The highest BCUT2D eigenvalue weighted by Gasteiger charge is 2.25. The molecule has 2 aliphatic heterocycles. The molecule has 7 nitrogen and oxygen atoms in total. The Kier molecular flexibility index (Phi) is 5.13. The Balaban J connectivity index is 1.81. The number of nitrogens with one attached hydrogen (secondary N) is 1. The molecule has 2 heterocycles. The van der Waals surface area contributed by atoms with Crippen molar-refractivity contribution in [1.29, 1.82) is 0 Å². The monoisotopic (exact) mass is 352 g/mol. The summed E-state index contributed by atoms with van der Waals surface area (Å²) in [4.78, 5) is 28.9. The van der Waals surface area contributed by atoms with E-state index in [2.05, 4.69) is 9.97 Å². The summed E-state index contributed by atoms with van der Waals surface area (Å²) in [5.74, 6) is 0.610. The van der Waals surface area contributed by atoms with Crippen LogP contribution in [0.5, 0.6) is 0 Å². The molecular formula is C16H17ClN2O5. The van der Waals surface area contributed by atoms with Gasteiger partial charge in [0.15, 0.2) is 0 Å². The van der Waals surface area contributed by atoms with Crippen molar-refractivity contribution in [2.75, 3.05) is 20.3 Å². The molecule has 128 valence electrons. The Morgan fingerprint density at radius 1 is 1.38 bits per heavy atom. The molecule has 0 amide bonds. The van der Waals surface area contributed by atoms with Crippen molar-refractivity contribution in [3.63, 3.8) is 0 Å². The van der Waals surface area contributed by atoms with E-state index in [1.165, 1.54) is 0 Å². The van der Waals surface area contributed by atoms with Gasteiger partial charge >= 0.3 is 5.69 Å². The quantitative estimate of drug-likeness (QED) is 0.796. The number of ether oxygens (including phenoxy) is 2. The standard InChI is InChI=1S/C16H17ClN2O5/c1-22-4-2-3-5-23-13-8-12-9(7-11(13)17)6-10-14(20)18-16(21)19-15(10)24-12/h6-7,13H,2-5,8H2,1H3,(H,18,20,21). The molecule has 0 saturated heterocycles. The van der Waals surface area contributed by atoms with Crippen LogP contribution in [-0.2, 0) is 15.9 Å². The van der Waals surface area contributed by atoms with Crippen LogP contribution in [0.25, 0.3) is 17.5 Å². The number of hydrogen-bond acceptors (Lipinski definition) is 6. The fourth-order valence-electron chi connectivity index (χ4n) is 2.56. The number of rotatable bonds is 6. The maximum Gasteiger partial charge on any atom is 0.351 e. The third-order valence-corrected chi connectivity index (χ3v) is 4.13. The molecule has 0 radical (unpaired) electrons. The molecule has 3 aliphatic rings. The van der Waals surface area contributed by atoms with Crippen LogP contribution in [0.3, 0.4) is 0 Å². The molecule has 8 heteroatoms. The molecule has 0 spiro atoms. The lowest BCUT2D eigenvalue weighted by Gasteiger charge is -2.22. The Morgan fingerprint density at radius 2 is 2.17 bits per heavy atom. The van der Waals surface area contributed by atoms with Crippen molar-refractivity contribution >= 4 is 17.7 Å². The van der Waals surface area contributed by atoms with Gasteiger partial charge in [0.25, 0.3) is 5.56 Å². The normalized spacial score (nSPS) is 16.9. The SMILES string of the molecule is COCCCCOC1Cc2oc3nc(=O)[nH]c(=O)c-3cc2C=C1Cl. The molecule has 0 aromatic carbocycles. The van der Waals surface area contributed by atoms with Gasteiger partial charge in [-0.2, -0.15) is 4.98 Å². The van der Waals surface area contributed by atoms with Crippen LogP contribution < -0.4 is 11.2 Å². The number of aromatic nitrogens is 2. The minimum atomic E-state index is -0.730. The third kappa shape index (κ3) is 3.58. The summed E-state index contributed by atoms with van der Waals surface area (Å²) in [5, 5.41) is 0.550. The first kappa shape index (κ1) is 16.9. The Bertz CT molecular complexity index is 841. The van der Waals surface area contributed by atoms with E-state index in [0.29, 0.717) is 36.0 Å². The Labute approximate surface area is 142 Å². The van der Waals surface area contributed by atoms with Gasteiger partial charge in [-0.25, -0.2) is 4.79 Å². The highest BCUT2D eigenvalue weighted by molar-refractivity contribution is 6.32. The van der Waals surface area contributed by atoms with Gasteiger partial charge in [-0.15, -0.1) is 0 Å². The number of fused-ring (bicyclic) bond motifs is 2. The molecule has 0 fully saturated rings. The predicted octanol–water partition coefficient (Wildman–Crippen LogP) is 1.78. The minimum absolute atomic E-state index is 0.0211. The van der Waals surface area contributed by atoms with E-state index in [-0.39, 0.29) is 17.6 Å². The second-order valence-corrected chi connectivity index (χ2v) is 5.94. The Hall–Kier alpha value is -1.96. The number of methoxy groups -OCH3 is 1. The van der Waals surface area contributed by atoms with E-state index < -0.39 is 11.2 Å². The molecule has 24 heavy (non-hydrogen) atoms. The summed E-state index contributed by atoms with van der Waals surface area (Å²) in [6, 6.07) is 1.62. The first-order valence-corrected chi connectivity index (χ1v) is 8.01. The summed E-state index contributed by atoms with van der Waals surface area (Å²) in [5.41, 5.74) is -0.352. The van der Waals surface area contributed by atoms with Crippen LogP contribution in [-0.4, -0.2) is 36.4 Å². The number of unbranched alkanes of at least 4 members (excludes halogenated alkanes) is 1. The number of halogens is 1. The number of nitrogens with zero attached hydrogens (tertiary/aromatic N) is 1. The molecule has 0 bridgehead atoms. The van der Waals surface area contributed by atoms with Crippen LogP contribution in [0.2, 0.25) is 0 Å². The zero-order valence-electron chi connectivity index (χ0n) is 13.1. The molecule has 1 atom stereocenters. The van der Waals surface area contributed by atoms with Crippen LogP contribution in [0.4, 0.5) is 0 Å². The third-order valence-electron chi connectivity index (χ3n) is 3.77. The largest absolute Gasteiger partial charge is 0.442 e. The molecule has 3 rings (SSSR count). The molecule has 0 saturated carbocycles. The minimum Gasteiger partial charge on any atom is -0.442 e. The van der Waals surface area contributed by atoms with E-state index >= 15 is 0 Å². The van der Waals surface area contributed by atoms with Gasteiger partial charge in [0.2, 0.25) is 5.89 Å². The lowest BCUT2D eigenvalue weighted by atomic mass is 10.00. The van der Waals surface area contributed by atoms with Crippen LogP contribution in [0.1, 0.15) is 24.2 Å². The summed E-state index contributed by atoms with van der Waals surface area (Å²) >= 11 is 6.28. The summed E-state index contributed by atoms with van der Waals surface area (Å²) in [7, 11) is 1.66. The van der Waals surface area contributed by atoms with Gasteiger partial charge in [0.1, 0.15) is 17.4 Å². The van der Waals surface area contributed by atoms with Crippen molar-refractivity contribution in [2.45, 2.75) is 25.4 Å². The molecule has 1 N–H and O–H groups in total. The van der Waals surface area contributed by atoms with E-state index in [1.807, 2.05) is 0 Å². The average Bonchev–Trinajstić information content (AvgIpc) is 2.54. The maximum atomic E-state index is 11.8. The zero-order valence-corrected chi connectivity index (χ0v) is 13.9. The summed E-state index contributed by atoms with van der Waals surface area (Å²) in [6.45, 7) is 1.25. The maximum absolute atomic E-state index is 11.8. The smallest absolute Gasteiger partial charge is 0.351 e. The first-order valence-electron chi connectivity index (χ1n) is 7.63. The molecule has 0 aromatic rings. The van der Waals surface area contributed by atoms with Gasteiger partial charge in [-0.1, -0.05) is 11.6 Å². The molecule has 1 unspecified atom stereocenters. The van der Waals surface area contributed by atoms with Gasteiger partial charge in [-0.3, -0.25) is 9.78 Å². The van der Waals surface area contributed by atoms with Crippen molar-refractivity contribution < 1.29 is 13.9 Å². The van der Waals surface area contributed by atoms with Crippen molar-refractivity contribution in [2.24, 2.45) is 0 Å². The van der Waals surface area contributed by atoms with E-state index in [9.17, 15) is 9.59 Å². The number of H-pyrrole nitrogens is 1. The Morgan fingerprint density at radius 3 is 2.96 bits per heavy atom. The van der Waals surface area contributed by atoms with Gasteiger partial charge in [-0.05, 0) is 25.0 Å². The lowest BCUT2D eigenvalue weighted by Crippen LogP contribution is -2.26. The van der Waals surface area contributed by atoms with Gasteiger partial charge in [0, 0.05) is 37.3 Å². The summed E-state index contributed by atoms with van der Waals surface area (Å²) < 4.78 is 16.4. The number of hydrogen-bond donors (Lipinski definition) is 1. The van der Waals surface area contributed by atoms with Gasteiger partial charge < -0.3 is 13.9 Å². The van der Waals surface area contributed by atoms with Gasteiger partial charge in [0.05, 0.1) is 0 Å². The highest BCUT2D eigenvalue weighted by Crippen LogP contribution is 2.31. The highest BCUT2D eigenvalue weighted by atomic mass is 35.5. The van der Waals surface area contributed by atoms with E-state index in [1.54, 1.807) is 19.3 Å². The first-order chi connectivity index (χ1) is 11.6. The molecule has 1 aliphatic carbocycles. The van der Waals surface area contributed by atoms with Crippen molar-refractivity contribution in [1.82, 2.24) is 9.97 Å². The van der Waals surface area contributed by atoms with Crippen LogP contribution in [0, 0.1) is 0 Å². The number of aromatic amines is 1. The molecular weight excluding hydrogens is 336 g/mol. The van der Waals surface area contributed by atoms with Crippen LogP contribution in [0.15, 0.2) is 25.1 Å². The molecule has 0 aromatic heterocycles. The van der Waals surface area contributed by atoms with Crippen molar-refractivity contribution in [3.05, 3.63) is 43.3 Å². The second-order valence-electron chi connectivity index (χ2n) is 5.51. The second kappa shape index (κ2) is 7.29. The van der Waals surface area contributed by atoms with E-state index in [4.69, 9.17) is 25.5 Å². The summed E-state index contributed by atoms with van der Waals surface area (Å²) in [6.07, 6.45) is 3.61. The van der Waals surface area contributed by atoms with E-state index in [0.717, 1.165) is 12.8 Å². The average molecular weight is 353 g/mol. The lowest BCUT2D eigenvalue weighted by molar-refractivity contribution is 0.0704.